The van der Waals surface area contributed by atoms with E-state index >= 15 is 0 Å². The highest BCUT2D eigenvalue weighted by atomic mass is 16.2. The Labute approximate surface area is 118 Å². The Morgan fingerprint density at radius 3 is 2.70 bits per heavy atom. The number of likely N-dealkylation sites (tertiary alicyclic amines) is 1. The van der Waals surface area contributed by atoms with Gasteiger partial charge in [0.25, 0.3) is 0 Å². The smallest absolute Gasteiger partial charge is 0.244 e. The monoisotopic (exact) mass is 266 g/mol. The predicted octanol–water partition coefficient (Wildman–Crippen LogP) is 1.78. The van der Waals surface area contributed by atoms with Crippen LogP contribution in [0.4, 0.5) is 0 Å². The topological polar surface area (TPSA) is 59.2 Å². The molecule has 1 amide bonds. The van der Waals surface area contributed by atoms with Gasteiger partial charge >= 0.3 is 0 Å². The van der Waals surface area contributed by atoms with Crippen LogP contribution in [0.15, 0.2) is 42.6 Å². The van der Waals surface area contributed by atoms with E-state index in [1.54, 1.807) is 11.1 Å². The lowest BCUT2D eigenvalue weighted by Crippen LogP contribution is -2.46. The van der Waals surface area contributed by atoms with Crippen molar-refractivity contribution in [2.75, 3.05) is 13.1 Å². The van der Waals surface area contributed by atoms with Gasteiger partial charge in [-0.2, -0.15) is 0 Å². The second-order valence-corrected chi connectivity index (χ2v) is 4.91. The maximum Gasteiger partial charge on any atom is 0.244 e. The van der Waals surface area contributed by atoms with Crippen LogP contribution in [0.25, 0.3) is 11.1 Å². The van der Waals surface area contributed by atoms with Gasteiger partial charge in [0.15, 0.2) is 0 Å². The summed E-state index contributed by atoms with van der Waals surface area (Å²) in [5.41, 5.74) is 8.76. The predicted molar refractivity (Wildman–Crippen MR) is 76.6 cm³/mol. The number of nitrogens with two attached hydrogens (primary N) is 1. The Kier molecular flexibility index (Phi) is 3.48. The number of benzene rings is 1. The van der Waals surface area contributed by atoms with E-state index in [-0.39, 0.29) is 5.91 Å². The van der Waals surface area contributed by atoms with Crippen molar-refractivity contribution in [1.82, 2.24) is 9.88 Å². The Balaban J connectivity index is 1.95. The van der Waals surface area contributed by atoms with Gasteiger partial charge in [-0.3, -0.25) is 9.78 Å². The van der Waals surface area contributed by atoms with Gasteiger partial charge in [-0.15, -0.1) is 0 Å². The lowest BCUT2D eigenvalue weighted by atomic mass is 9.95. The average molecular weight is 266 g/mol. The zero-order chi connectivity index (χ0) is 13.9. The Bertz CT molecular complexity index is 608. The average Bonchev–Trinajstić information content (AvgIpc) is 2.45. The third kappa shape index (κ3) is 2.30. The number of hydrogen-bond donors (Lipinski definition) is 1. The van der Waals surface area contributed by atoms with Crippen LogP contribution in [0.2, 0.25) is 0 Å². The summed E-state index contributed by atoms with van der Waals surface area (Å²) in [4.78, 5) is 18.1. The van der Waals surface area contributed by atoms with Crippen molar-refractivity contribution in [1.29, 1.82) is 0 Å². The molecule has 0 spiro atoms. The van der Waals surface area contributed by atoms with E-state index in [1.807, 2.05) is 36.4 Å². The first-order valence-corrected chi connectivity index (χ1v) is 6.74. The number of amides is 1. The van der Waals surface area contributed by atoms with Crippen LogP contribution in [0.5, 0.6) is 0 Å². The number of nitrogens with zero attached hydrogens (tertiary/aromatic N) is 2. The van der Waals surface area contributed by atoms with Gasteiger partial charge in [0, 0.05) is 24.8 Å². The normalized spacial score (nSPS) is 15.6. The number of rotatable bonds is 3. The SMILES string of the molecule is NC(C(=O)N1CCC1)c1ccccc1-c1[c]nccc1. The molecule has 0 bridgehead atoms. The van der Waals surface area contributed by atoms with Crippen LogP contribution in [-0.4, -0.2) is 28.9 Å². The van der Waals surface area contributed by atoms with Crippen molar-refractivity contribution >= 4 is 5.91 Å². The quantitative estimate of drug-likeness (QED) is 0.921. The summed E-state index contributed by atoms with van der Waals surface area (Å²) >= 11 is 0. The summed E-state index contributed by atoms with van der Waals surface area (Å²) in [5.74, 6) is -0.00686. The highest BCUT2D eigenvalue weighted by molar-refractivity contribution is 5.86. The molecule has 2 heterocycles. The van der Waals surface area contributed by atoms with Crippen LogP contribution in [-0.2, 0) is 4.79 Å². The van der Waals surface area contributed by atoms with Crippen molar-refractivity contribution in [2.24, 2.45) is 5.73 Å². The Hall–Kier alpha value is -2.20. The number of pyridine rings is 1. The Morgan fingerprint density at radius 2 is 2.05 bits per heavy atom. The van der Waals surface area contributed by atoms with Crippen molar-refractivity contribution in [3.8, 4) is 11.1 Å². The standard InChI is InChI=1S/C16H16N3O/c17-15(16(20)19-9-4-10-19)14-7-2-1-6-13(14)12-5-3-8-18-11-12/h1-3,5-8,15H,4,9-10,17H2. The van der Waals surface area contributed by atoms with Gasteiger partial charge < -0.3 is 10.6 Å². The molecule has 1 aromatic carbocycles. The Morgan fingerprint density at radius 1 is 1.25 bits per heavy atom. The number of aromatic nitrogens is 1. The van der Waals surface area contributed by atoms with E-state index < -0.39 is 6.04 Å². The van der Waals surface area contributed by atoms with Gasteiger partial charge in [-0.25, -0.2) is 0 Å². The molecule has 1 saturated heterocycles. The largest absolute Gasteiger partial charge is 0.341 e. The molecule has 20 heavy (non-hydrogen) atoms. The van der Waals surface area contributed by atoms with Crippen LogP contribution < -0.4 is 5.73 Å². The van der Waals surface area contributed by atoms with E-state index in [1.165, 1.54) is 0 Å². The summed E-state index contributed by atoms with van der Waals surface area (Å²) in [6, 6.07) is 10.8. The van der Waals surface area contributed by atoms with E-state index in [0.717, 1.165) is 36.2 Å². The molecule has 1 aliphatic rings. The molecule has 0 aliphatic carbocycles. The van der Waals surface area contributed by atoms with E-state index in [9.17, 15) is 4.79 Å². The highest BCUT2D eigenvalue weighted by Gasteiger charge is 2.27. The lowest BCUT2D eigenvalue weighted by Gasteiger charge is -2.33. The summed E-state index contributed by atoms with van der Waals surface area (Å²) in [6.45, 7) is 1.63. The maximum absolute atomic E-state index is 12.3. The number of hydrogen-bond acceptors (Lipinski definition) is 3. The summed E-state index contributed by atoms with van der Waals surface area (Å²) in [7, 11) is 0. The molecule has 1 unspecified atom stereocenters. The fourth-order valence-corrected chi connectivity index (χ4v) is 2.36. The van der Waals surface area contributed by atoms with E-state index in [2.05, 4.69) is 11.2 Å². The van der Waals surface area contributed by atoms with E-state index in [0.29, 0.717) is 0 Å². The van der Waals surface area contributed by atoms with Crippen LogP contribution in [0.3, 0.4) is 0 Å². The minimum atomic E-state index is -0.625. The van der Waals surface area contributed by atoms with Crippen LogP contribution in [0.1, 0.15) is 18.0 Å². The molecule has 1 aromatic heterocycles. The molecule has 101 valence electrons. The first-order chi connectivity index (χ1) is 9.77. The molecule has 0 saturated carbocycles. The van der Waals surface area contributed by atoms with E-state index in [4.69, 9.17) is 5.73 Å². The van der Waals surface area contributed by atoms with Crippen LogP contribution >= 0.6 is 0 Å². The zero-order valence-corrected chi connectivity index (χ0v) is 11.1. The first kappa shape index (κ1) is 12.8. The van der Waals surface area contributed by atoms with Crippen molar-refractivity contribution in [2.45, 2.75) is 12.5 Å². The summed E-state index contributed by atoms with van der Waals surface area (Å²) in [6.07, 6.45) is 5.69. The van der Waals surface area contributed by atoms with Gasteiger partial charge in [0.2, 0.25) is 5.91 Å². The molecule has 2 aromatic rings. The molecule has 1 aliphatic heterocycles. The number of carbonyl (C=O) groups is 1. The summed E-state index contributed by atoms with van der Waals surface area (Å²) < 4.78 is 0. The van der Waals surface area contributed by atoms with Crippen LogP contribution in [0, 0.1) is 6.20 Å². The fourth-order valence-electron chi connectivity index (χ4n) is 2.36. The maximum atomic E-state index is 12.3. The molecule has 1 fully saturated rings. The molecular formula is C16H16N3O. The van der Waals surface area contributed by atoms with Crippen molar-refractivity contribution < 1.29 is 4.79 Å². The zero-order valence-electron chi connectivity index (χ0n) is 11.1. The molecular weight excluding hydrogens is 250 g/mol. The van der Waals surface area contributed by atoms with Gasteiger partial charge in [0.1, 0.15) is 6.04 Å². The van der Waals surface area contributed by atoms with Gasteiger partial charge in [-0.05, 0) is 23.6 Å². The molecule has 1 radical (unpaired) electrons. The molecule has 3 rings (SSSR count). The molecule has 4 heteroatoms. The third-order valence-corrected chi connectivity index (χ3v) is 3.63. The minimum Gasteiger partial charge on any atom is -0.341 e. The second kappa shape index (κ2) is 5.43. The molecule has 2 N–H and O–H groups in total. The fraction of sp³-hybridized carbons (Fsp3) is 0.250. The van der Waals surface area contributed by atoms with Gasteiger partial charge in [-0.1, -0.05) is 30.3 Å². The molecule has 1 atom stereocenters. The molecule has 4 nitrogen and oxygen atoms in total. The number of carbonyl (C=O) groups excluding carboxylic acids is 1. The lowest BCUT2D eigenvalue weighted by molar-refractivity contribution is -0.136. The first-order valence-electron chi connectivity index (χ1n) is 6.74. The second-order valence-electron chi connectivity index (χ2n) is 4.91. The summed E-state index contributed by atoms with van der Waals surface area (Å²) in [5, 5.41) is 0. The van der Waals surface area contributed by atoms with Crippen molar-refractivity contribution in [3.05, 3.63) is 54.4 Å². The van der Waals surface area contributed by atoms with Crippen molar-refractivity contribution in [3.63, 3.8) is 0 Å². The van der Waals surface area contributed by atoms with Gasteiger partial charge in [0.05, 0.1) is 6.20 Å². The third-order valence-electron chi connectivity index (χ3n) is 3.63. The minimum absolute atomic E-state index is 0.00686. The highest BCUT2D eigenvalue weighted by Crippen LogP contribution is 2.28.